The van der Waals surface area contributed by atoms with Gasteiger partial charge in [0, 0.05) is 25.7 Å². The molecule has 0 radical (unpaired) electrons. The molecule has 0 aliphatic carbocycles. The summed E-state index contributed by atoms with van der Waals surface area (Å²) in [5.41, 5.74) is 0. The van der Waals surface area contributed by atoms with Crippen LogP contribution in [0.1, 0.15) is 370 Å². The third kappa shape index (κ3) is 70.0. The van der Waals surface area contributed by atoms with Crippen molar-refractivity contribution in [2.24, 2.45) is 17.8 Å². The number of esters is 4. The standard InChI is InChI=1S/C77H146O17P2/c1-8-9-10-11-12-13-14-15-18-23-26-29-39-46-53-60-76(81)93-72(64-87-74(79)58-51-44-37-28-25-22-20-17-16-19-21-24-27-34-41-48-55-68(2)3)66-91-95(83,84)89-62-71(78)63-90-96(85,86)92-67-73(94-77(82)61-54-47-40-33-31-36-43-50-57-70(6)7)65-88-75(80)59-52-45-38-32-30-35-42-49-56-69(4)5/h13-15,18,68-73,78H,8-12,16-17,19-67H2,1-7H3,(H,83,84)(H,85,86)/b14-13-,18-15-/t71?,72-,73-/m1/s1. The molecular weight excluding hydrogens is 1260 g/mol. The van der Waals surface area contributed by atoms with Crippen molar-refractivity contribution in [1.29, 1.82) is 0 Å². The molecule has 3 unspecified atom stereocenters. The average molecular weight is 1410 g/mol. The number of ether oxygens (including phenoxy) is 4. The second-order valence-corrected chi connectivity index (χ2v) is 31.4. The molecule has 0 aliphatic heterocycles. The van der Waals surface area contributed by atoms with Crippen molar-refractivity contribution in [1.82, 2.24) is 0 Å². The van der Waals surface area contributed by atoms with Crippen LogP contribution in [-0.4, -0.2) is 96.7 Å². The van der Waals surface area contributed by atoms with Gasteiger partial charge in [0.1, 0.15) is 19.3 Å². The molecule has 17 nitrogen and oxygen atoms in total. The molecule has 0 aromatic heterocycles. The fraction of sp³-hybridized carbons (Fsp3) is 0.896. The Morgan fingerprint density at radius 1 is 0.323 bits per heavy atom. The summed E-state index contributed by atoms with van der Waals surface area (Å²) in [4.78, 5) is 72.8. The molecular formula is C77H146O17P2. The Morgan fingerprint density at radius 2 is 0.562 bits per heavy atom. The third-order valence-electron chi connectivity index (χ3n) is 17.3. The number of aliphatic hydroxyl groups excluding tert-OH is 1. The molecule has 0 rings (SSSR count). The number of aliphatic hydroxyl groups is 1. The zero-order valence-corrected chi connectivity index (χ0v) is 64.1. The minimum atomic E-state index is -4.97. The molecule has 0 bridgehead atoms. The number of phosphoric ester groups is 2. The number of phosphoric acid groups is 2. The predicted octanol–water partition coefficient (Wildman–Crippen LogP) is 22.1. The molecule has 19 heteroatoms. The summed E-state index contributed by atoms with van der Waals surface area (Å²) >= 11 is 0. The van der Waals surface area contributed by atoms with Gasteiger partial charge in [-0.05, 0) is 69.1 Å². The fourth-order valence-corrected chi connectivity index (χ4v) is 12.8. The van der Waals surface area contributed by atoms with Gasteiger partial charge in [-0.3, -0.25) is 37.3 Å². The van der Waals surface area contributed by atoms with Crippen molar-refractivity contribution in [2.75, 3.05) is 39.6 Å². The highest BCUT2D eigenvalue weighted by molar-refractivity contribution is 7.47. The fourth-order valence-electron chi connectivity index (χ4n) is 11.2. The van der Waals surface area contributed by atoms with Crippen LogP contribution in [0.5, 0.6) is 0 Å². The van der Waals surface area contributed by atoms with Crippen LogP contribution < -0.4 is 0 Å². The highest BCUT2D eigenvalue weighted by Gasteiger charge is 2.30. The molecule has 96 heavy (non-hydrogen) atoms. The minimum absolute atomic E-state index is 0.0850. The highest BCUT2D eigenvalue weighted by Crippen LogP contribution is 2.45. The second kappa shape index (κ2) is 67.1. The first-order valence-corrected chi connectivity index (χ1v) is 42.2. The van der Waals surface area contributed by atoms with E-state index in [2.05, 4.69) is 72.8 Å². The van der Waals surface area contributed by atoms with E-state index in [9.17, 15) is 43.2 Å². The summed E-state index contributed by atoms with van der Waals surface area (Å²) in [6.07, 6.45) is 56.4. The maximum atomic E-state index is 13.1. The molecule has 566 valence electrons. The van der Waals surface area contributed by atoms with Gasteiger partial charge in [-0.15, -0.1) is 0 Å². The molecule has 0 saturated heterocycles. The average Bonchev–Trinajstić information content (AvgIpc) is 2.08. The van der Waals surface area contributed by atoms with Crippen LogP contribution in [0.25, 0.3) is 0 Å². The van der Waals surface area contributed by atoms with Gasteiger partial charge in [0.15, 0.2) is 12.2 Å². The van der Waals surface area contributed by atoms with E-state index in [0.717, 1.165) is 115 Å². The van der Waals surface area contributed by atoms with Gasteiger partial charge < -0.3 is 33.8 Å². The Balaban J connectivity index is 5.26. The smallest absolute Gasteiger partial charge is 0.462 e. The Bertz CT molecular complexity index is 1960. The molecule has 0 heterocycles. The van der Waals surface area contributed by atoms with Crippen LogP contribution in [-0.2, 0) is 65.4 Å². The van der Waals surface area contributed by atoms with Crippen LogP contribution in [0.15, 0.2) is 24.3 Å². The van der Waals surface area contributed by atoms with Crippen LogP contribution >= 0.6 is 15.6 Å². The third-order valence-corrected chi connectivity index (χ3v) is 19.2. The van der Waals surface area contributed by atoms with E-state index in [0.29, 0.717) is 31.6 Å². The summed E-state index contributed by atoms with van der Waals surface area (Å²) in [6, 6.07) is 0. The number of rotatable bonds is 73. The summed E-state index contributed by atoms with van der Waals surface area (Å²) in [5.74, 6) is 0.102. The topological polar surface area (TPSA) is 237 Å². The second-order valence-electron chi connectivity index (χ2n) is 28.5. The van der Waals surface area contributed by atoms with Crippen molar-refractivity contribution in [3.63, 3.8) is 0 Å². The lowest BCUT2D eigenvalue weighted by atomic mass is 10.0. The number of hydrogen-bond donors (Lipinski definition) is 3. The summed E-state index contributed by atoms with van der Waals surface area (Å²) in [6.45, 7) is 11.8. The van der Waals surface area contributed by atoms with E-state index in [1.165, 1.54) is 167 Å². The van der Waals surface area contributed by atoms with Crippen molar-refractivity contribution in [2.45, 2.75) is 388 Å². The van der Waals surface area contributed by atoms with Gasteiger partial charge in [0.05, 0.1) is 26.4 Å². The normalized spacial score (nSPS) is 14.2. The molecule has 0 spiro atoms. The molecule has 0 fully saturated rings. The monoisotopic (exact) mass is 1410 g/mol. The predicted molar refractivity (Wildman–Crippen MR) is 390 cm³/mol. The van der Waals surface area contributed by atoms with E-state index in [1.807, 2.05) is 0 Å². The molecule has 0 aliphatic rings. The summed E-state index contributed by atoms with van der Waals surface area (Å²) in [7, 11) is -9.93. The Kier molecular flexibility index (Phi) is 65.3. The van der Waals surface area contributed by atoms with Gasteiger partial charge in [-0.25, -0.2) is 9.13 Å². The molecule has 0 saturated carbocycles. The lowest BCUT2D eigenvalue weighted by Gasteiger charge is -2.21. The van der Waals surface area contributed by atoms with Crippen LogP contribution in [0.4, 0.5) is 0 Å². The molecule has 5 atom stereocenters. The van der Waals surface area contributed by atoms with E-state index >= 15 is 0 Å². The Morgan fingerprint density at radius 3 is 0.844 bits per heavy atom. The van der Waals surface area contributed by atoms with E-state index in [1.54, 1.807) is 0 Å². The van der Waals surface area contributed by atoms with Gasteiger partial charge in [0.25, 0.3) is 0 Å². The highest BCUT2D eigenvalue weighted by atomic mass is 31.2. The summed E-state index contributed by atoms with van der Waals surface area (Å²) < 4.78 is 68.5. The zero-order valence-electron chi connectivity index (χ0n) is 62.3. The van der Waals surface area contributed by atoms with Gasteiger partial charge >= 0.3 is 39.5 Å². The van der Waals surface area contributed by atoms with Crippen LogP contribution in [0.3, 0.4) is 0 Å². The number of carbonyl (C=O) groups is 4. The quantitative estimate of drug-likeness (QED) is 0.0169. The SMILES string of the molecule is CCCCCC/C=C\C=C/CCCCCCCC(=O)O[C@H](COC(=O)CCCCCCCCCCCCCCCCCCC(C)C)COP(=O)(O)OCC(O)COP(=O)(O)OC[C@@H](COC(=O)CCCCCCCCCCC(C)C)OC(=O)CCCCCCCCCCC(C)C. The number of allylic oxidation sites excluding steroid dienone is 4. The maximum absolute atomic E-state index is 13.1. The van der Waals surface area contributed by atoms with Crippen molar-refractivity contribution < 1.29 is 80.2 Å². The van der Waals surface area contributed by atoms with Crippen molar-refractivity contribution in [3.05, 3.63) is 24.3 Å². The summed E-state index contributed by atoms with van der Waals surface area (Å²) in [5, 5.41) is 10.6. The van der Waals surface area contributed by atoms with Gasteiger partial charge in [0.2, 0.25) is 0 Å². The van der Waals surface area contributed by atoms with Gasteiger partial charge in [-0.1, -0.05) is 317 Å². The van der Waals surface area contributed by atoms with Crippen LogP contribution in [0, 0.1) is 17.8 Å². The first kappa shape index (κ1) is 93.5. The van der Waals surface area contributed by atoms with Crippen LogP contribution in [0.2, 0.25) is 0 Å². The Labute approximate surface area is 586 Å². The lowest BCUT2D eigenvalue weighted by molar-refractivity contribution is -0.161. The van der Waals surface area contributed by atoms with Crippen molar-refractivity contribution in [3.8, 4) is 0 Å². The molecule has 0 amide bonds. The van der Waals surface area contributed by atoms with E-state index in [-0.39, 0.29) is 25.7 Å². The number of unbranched alkanes of at least 4 members (excludes halogenated alkanes) is 38. The zero-order chi connectivity index (χ0) is 70.9. The molecule has 0 aromatic carbocycles. The number of carbonyl (C=O) groups excluding carboxylic acids is 4. The minimum Gasteiger partial charge on any atom is -0.462 e. The molecule has 3 N–H and O–H groups in total. The van der Waals surface area contributed by atoms with Gasteiger partial charge in [-0.2, -0.15) is 0 Å². The van der Waals surface area contributed by atoms with E-state index in [4.69, 9.17) is 37.0 Å². The maximum Gasteiger partial charge on any atom is 0.472 e. The van der Waals surface area contributed by atoms with E-state index < -0.39 is 97.5 Å². The first-order chi connectivity index (χ1) is 46.2. The lowest BCUT2D eigenvalue weighted by Crippen LogP contribution is -2.30. The first-order valence-electron chi connectivity index (χ1n) is 39.2. The number of hydrogen-bond acceptors (Lipinski definition) is 15. The van der Waals surface area contributed by atoms with Crippen molar-refractivity contribution >= 4 is 39.5 Å². The molecule has 0 aromatic rings. The Hall–Kier alpha value is -2.46. The largest absolute Gasteiger partial charge is 0.472 e.